The molecule has 1 N–H and O–H groups in total. The number of aromatic nitrogens is 2. The normalized spacial score (nSPS) is 23.8. The number of hydrogen-bond donors (Lipinski definition) is 1. The quantitative estimate of drug-likeness (QED) is 0.903. The monoisotopic (exact) mass is 290 g/mol. The first-order valence-electron chi connectivity index (χ1n) is 8.57. The van der Waals surface area contributed by atoms with Crippen molar-refractivity contribution in [2.24, 2.45) is 7.05 Å². The third-order valence-electron chi connectivity index (χ3n) is 5.71. The van der Waals surface area contributed by atoms with E-state index < -0.39 is 0 Å². The van der Waals surface area contributed by atoms with Crippen LogP contribution in [0.1, 0.15) is 49.9 Å². The van der Waals surface area contributed by atoms with Crippen molar-refractivity contribution in [3.05, 3.63) is 17.5 Å². The fourth-order valence-electron chi connectivity index (χ4n) is 4.66. The zero-order valence-corrected chi connectivity index (χ0v) is 13.9. The Balaban J connectivity index is 1.83. The number of nitrogens with zero attached hydrogens (tertiary/aromatic N) is 3. The van der Waals surface area contributed by atoms with E-state index in [-0.39, 0.29) is 0 Å². The van der Waals surface area contributed by atoms with Gasteiger partial charge in [-0.3, -0.25) is 9.58 Å². The maximum atomic E-state index is 4.52. The Hall–Kier alpha value is -0.870. The number of hydrogen-bond acceptors (Lipinski definition) is 3. The molecule has 1 saturated heterocycles. The van der Waals surface area contributed by atoms with Gasteiger partial charge in [0.1, 0.15) is 0 Å². The first kappa shape index (κ1) is 15.0. The molecule has 1 aromatic heterocycles. The van der Waals surface area contributed by atoms with E-state index in [1.54, 1.807) is 0 Å². The minimum atomic E-state index is 0.378. The summed E-state index contributed by atoms with van der Waals surface area (Å²) >= 11 is 0. The summed E-state index contributed by atoms with van der Waals surface area (Å²) in [6.07, 6.45) is 9.33. The molecule has 1 aromatic rings. The molecule has 0 aromatic carbocycles. The molecule has 0 amide bonds. The second-order valence-corrected chi connectivity index (χ2v) is 6.95. The fourth-order valence-corrected chi connectivity index (χ4v) is 4.66. The molecule has 0 bridgehead atoms. The summed E-state index contributed by atoms with van der Waals surface area (Å²) in [7, 11) is 4.22. The molecule has 3 rings (SSSR count). The number of likely N-dealkylation sites (N-methyl/N-ethyl adjacent to an activating group) is 1. The third kappa shape index (κ3) is 2.76. The number of rotatable bonds is 5. The van der Waals surface area contributed by atoms with Gasteiger partial charge in [-0.2, -0.15) is 5.10 Å². The van der Waals surface area contributed by atoms with Gasteiger partial charge in [0.25, 0.3) is 0 Å². The van der Waals surface area contributed by atoms with Crippen LogP contribution in [0.2, 0.25) is 0 Å². The van der Waals surface area contributed by atoms with Gasteiger partial charge >= 0.3 is 0 Å². The molecule has 1 aliphatic heterocycles. The third-order valence-corrected chi connectivity index (χ3v) is 5.71. The maximum Gasteiger partial charge on any atom is 0.0596 e. The van der Waals surface area contributed by atoms with Crippen LogP contribution in [0.4, 0.5) is 0 Å². The fraction of sp³-hybridized carbons (Fsp3) is 0.824. The summed E-state index contributed by atoms with van der Waals surface area (Å²) in [5, 5.41) is 8.18. The lowest BCUT2D eigenvalue weighted by Crippen LogP contribution is -2.59. The van der Waals surface area contributed by atoms with E-state index in [0.717, 1.165) is 12.1 Å². The van der Waals surface area contributed by atoms with Crippen molar-refractivity contribution < 1.29 is 0 Å². The van der Waals surface area contributed by atoms with Crippen LogP contribution in [-0.2, 0) is 13.5 Å². The molecule has 4 nitrogen and oxygen atoms in total. The van der Waals surface area contributed by atoms with Crippen molar-refractivity contribution in [1.29, 1.82) is 0 Å². The Labute approximate surface area is 128 Å². The summed E-state index contributed by atoms with van der Waals surface area (Å²) in [6, 6.07) is 2.78. The van der Waals surface area contributed by atoms with Gasteiger partial charge in [-0.25, -0.2) is 0 Å². The molecule has 2 aliphatic rings. The molecule has 118 valence electrons. The highest BCUT2D eigenvalue weighted by molar-refractivity contribution is 5.14. The highest BCUT2D eigenvalue weighted by Gasteiger charge is 2.46. The summed E-state index contributed by atoms with van der Waals surface area (Å²) in [4.78, 5) is 2.80. The van der Waals surface area contributed by atoms with E-state index in [0.29, 0.717) is 11.6 Å². The predicted octanol–water partition coefficient (Wildman–Crippen LogP) is 2.27. The van der Waals surface area contributed by atoms with Crippen molar-refractivity contribution in [2.45, 2.75) is 63.5 Å². The van der Waals surface area contributed by atoms with Gasteiger partial charge in [-0.1, -0.05) is 12.8 Å². The second-order valence-electron chi connectivity index (χ2n) is 6.95. The lowest BCUT2D eigenvalue weighted by Gasteiger charge is -2.45. The average molecular weight is 290 g/mol. The molecule has 1 saturated carbocycles. The Morgan fingerprint density at radius 1 is 1.24 bits per heavy atom. The summed E-state index contributed by atoms with van der Waals surface area (Å²) in [5.74, 6) is 0. The SMILES string of the molecule is CNC(Cc1cc(C)nn1C)C1(N2CCCC2)CCCC1. The van der Waals surface area contributed by atoms with Gasteiger partial charge in [0.05, 0.1) is 5.69 Å². The Kier molecular flexibility index (Phi) is 4.36. The lowest BCUT2D eigenvalue weighted by molar-refractivity contribution is 0.0790. The number of likely N-dealkylation sites (tertiary alicyclic amines) is 1. The van der Waals surface area contributed by atoms with Crippen LogP contribution < -0.4 is 5.32 Å². The van der Waals surface area contributed by atoms with Crippen molar-refractivity contribution in [2.75, 3.05) is 20.1 Å². The van der Waals surface area contributed by atoms with E-state index in [1.807, 2.05) is 0 Å². The molecule has 2 heterocycles. The van der Waals surface area contributed by atoms with Crippen LogP contribution in [0.5, 0.6) is 0 Å². The van der Waals surface area contributed by atoms with Crippen LogP contribution in [0.3, 0.4) is 0 Å². The van der Waals surface area contributed by atoms with E-state index in [9.17, 15) is 0 Å². The molecule has 0 radical (unpaired) electrons. The van der Waals surface area contributed by atoms with Gasteiger partial charge in [-0.05, 0) is 58.8 Å². The zero-order valence-electron chi connectivity index (χ0n) is 13.9. The average Bonchev–Trinajstić information content (AvgIpc) is 3.17. The Morgan fingerprint density at radius 2 is 1.90 bits per heavy atom. The summed E-state index contributed by atoms with van der Waals surface area (Å²) in [6.45, 7) is 4.68. The molecule has 0 spiro atoms. The maximum absolute atomic E-state index is 4.52. The molecule has 1 atom stereocenters. The van der Waals surface area contributed by atoms with Crippen LogP contribution in [0.25, 0.3) is 0 Å². The largest absolute Gasteiger partial charge is 0.315 e. The topological polar surface area (TPSA) is 33.1 Å². The van der Waals surface area contributed by atoms with E-state index in [4.69, 9.17) is 0 Å². The van der Waals surface area contributed by atoms with Crippen LogP contribution in [0.15, 0.2) is 6.07 Å². The van der Waals surface area contributed by atoms with Gasteiger partial charge in [-0.15, -0.1) is 0 Å². The standard InChI is InChI=1S/C17H30N4/c1-14-12-15(20(3)19-14)13-16(18-2)17(8-4-5-9-17)21-10-6-7-11-21/h12,16,18H,4-11,13H2,1-3H3. The van der Waals surface area contributed by atoms with Crippen molar-refractivity contribution in [1.82, 2.24) is 20.0 Å². The van der Waals surface area contributed by atoms with Crippen LogP contribution in [-0.4, -0.2) is 46.4 Å². The van der Waals surface area contributed by atoms with Gasteiger partial charge < -0.3 is 5.32 Å². The van der Waals surface area contributed by atoms with Gasteiger partial charge in [0, 0.05) is 30.7 Å². The Morgan fingerprint density at radius 3 is 2.43 bits per heavy atom. The van der Waals surface area contributed by atoms with E-state index in [2.05, 4.69) is 47.1 Å². The first-order chi connectivity index (χ1) is 10.2. The first-order valence-corrected chi connectivity index (χ1v) is 8.57. The predicted molar refractivity (Wildman–Crippen MR) is 86.5 cm³/mol. The molecule has 2 fully saturated rings. The molecular formula is C17H30N4. The smallest absolute Gasteiger partial charge is 0.0596 e. The number of nitrogens with one attached hydrogen (secondary N) is 1. The van der Waals surface area contributed by atoms with Crippen LogP contribution >= 0.6 is 0 Å². The lowest BCUT2D eigenvalue weighted by atomic mass is 9.83. The zero-order chi connectivity index (χ0) is 14.9. The second kappa shape index (κ2) is 6.09. The van der Waals surface area contributed by atoms with E-state index in [1.165, 1.54) is 57.3 Å². The summed E-state index contributed by atoms with van der Waals surface area (Å²) in [5.41, 5.74) is 2.87. The molecule has 21 heavy (non-hydrogen) atoms. The molecule has 1 unspecified atom stereocenters. The van der Waals surface area contributed by atoms with Gasteiger partial charge in [0.15, 0.2) is 0 Å². The highest BCUT2D eigenvalue weighted by atomic mass is 15.3. The minimum Gasteiger partial charge on any atom is -0.315 e. The van der Waals surface area contributed by atoms with E-state index >= 15 is 0 Å². The summed E-state index contributed by atoms with van der Waals surface area (Å²) < 4.78 is 2.06. The van der Waals surface area contributed by atoms with Crippen molar-refractivity contribution >= 4 is 0 Å². The Bertz CT molecular complexity index is 467. The van der Waals surface area contributed by atoms with Gasteiger partial charge in [0.2, 0.25) is 0 Å². The molecular weight excluding hydrogens is 260 g/mol. The molecule has 1 aliphatic carbocycles. The van der Waals surface area contributed by atoms with Crippen LogP contribution in [0, 0.1) is 6.92 Å². The molecule has 4 heteroatoms. The van der Waals surface area contributed by atoms with Crippen molar-refractivity contribution in [3.8, 4) is 0 Å². The number of aryl methyl sites for hydroxylation is 2. The van der Waals surface area contributed by atoms with Crippen molar-refractivity contribution in [3.63, 3.8) is 0 Å². The minimum absolute atomic E-state index is 0.378. The highest BCUT2D eigenvalue weighted by Crippen LogP contribution is 2.40.